The number of hydrogen-bond acceptors (Lipinski definition) is 5. The molecule has 5 rings (SSSR count). The van der Waals surface area contributed by atoms with Gasteiger partial charge in [0.1, 0.15) is 17.3 Å². The quantitative estimate of drug-likeness (QED) is 0.237. The summed E-state index contributed by atoms with van der Waals surface area (Å²) < 4.78 is 11.0. The number of nitrogens with one attached hydrogen (secondary N) is 2. The van der Waals surface area contributed by atoms with E-state index >= 15 is 0 Å². The van der Waals surface area contributed by atoms with E-state index in [0.29, 0.717) is 13.1 Å². The van der Waals surface area contributed by atoms with Crippen molar-refractivity contribution >= 4 is 22.4 Å². The average Bonchev–Trinajstić information content (AvgIpc) is 2.95. The van der Waals surface area contributed by atoms with Crippen molar-refractivity contribution in [2.24, 2.45) is 0 Å². The lowest BCUT2D eigenvalue weighted by Crippen LogP contribution is -2.04. The molecule has 4 aromatic carbocycles. The molecule has 5 aromatic rings. The fourth-order valence-electron chi connectivity index (χ4n) is 4.36. The number of methoxy groups -OCH3 is 2. The van der Waals surface area contributed by atoms with Gasteiger partial charge in [-0.1, -0.05) is 66.7 Å². The molecular formula is C31H29N3O2. The molecule has 180 valence electrons. The van der Waals surface area contributed by atoms with Crippen LogP contribution in [0.2, 0.25) is 0 Å². The molecule has 1 heterocycles. The molecule has 36 heavy (non-hydrogen) atoms. The Labute approximate surface area is 211 Å². The van der Waals surface area contributed by atoms with Crippen molar-refractivity contribution in [1.82, 2.24) is 4.98 Å². The van der Waals surface area contributed by atoms with Crippen LogP contribution in [0, 0.1) is 0 Å². The van der Waals surface area contributed by atoms with Gasteiger partial charge in [-0.25, -0.2) is 4.98 Å². The summed E-state index contributed by atoms with van der Waals surface area (Å²) in [4.78, 5) is 4.92. The number of hydrogen-bond donors (Lipinski definition) is 2. The number of nitrogens with zero attached hydrogens (tertiary/aromatic N) is 1. The Morgan fingerprint density at radius 1 is 0.639 bits per heavy atom. The first-order valence-corrected chi connectivity index (χ1v) is 12.0. The number of fused-ring (bicyclic) bond motifs is 1. The maximum atomic E-state index is 5.50. The maximum absolute atomic E-state index is 5.50. The summed E-state index contributed by atoms with van der Waals surface area (Å²) in [6.45, 7) is 1.29. The number of benzene rings is 4. The molecule has 0 unspecified atom stereocenters. The highest BCUT2D eigenvalue weighted by atomic mass is 16.5. The predicted octanol–water partition coefficient (Wildman–Crippen LogP) is 7.14. The number of anilines is 2. The summed E-state index contributed by atoms with van der Waals surface area (Å²) in [6, 6.07) is 34.9. The van der Waals surface area contributed by atoms with Crippen LogP contribution in [0.25, 0.3) is 22.0 Å². The normalized spacial score (nSPS) is 10.7. The van der Waals surface area contributed by atoms with Gasteiger partial charge in [-0.3, -0.25) is 0 Å². The van der Waals surface area contributed by atoms with Gasteiger partial charge in [0.25, 0.3) is 0 Å². The van der Waals surface area contributed by atoms with Crippen LogP contribution in [-0.4, -0.2) is 19.2 Å². The summed E-state index contributed by atoms with van der Waals surface area (Å²) in [7, 11) is 3.40. The highest BCUT2D eigenvalue weighted by Crippen LogP contribution is 2.33. The molecule has 1 aromatic heterocycles. The standard InChI is InChI=1S/C31H29N3O2/c1-35-29-14-8-6-12-23(29)20-32-25-16-17-28-27(18-25)26(22-10-4-3-5-11-22)19-31(34-28)33-21-24-13-7-9-15-30(24)36-2/h3-19,32H,20-21H2,1-2H3,(H,33,34). The van der Waals surface area contributed by atoms with E-state index in [9.17, 15) is 0 Å². The third kappa shape index (κ3) is 5.10. The zero-order valence-electron chi connectivity index (χ0n) is 20.5. The summed E-state index contributed by atoms with van der Waals surface area (Å²) in [6.07, 6.45) is 0. The lowest BCUT2D eigenvalue weighted by molar-refractivity contribution is 0.410. The molecule has 5 nitrogen and oxygen atoms in total. The molecule has 0 aliphatic rings. The molecule has 0 bridgehead atoms. The second-order valence-electron chi connectivity index (χ2n) is 8.48. The van der Waals surface area contributed by atoms with E-state index in [4.69, 9.17) is 14.5 Å². The van der Waals surface area contributed by atoms with Crippen LogP contribution < -0.4 is 20.1 Å². The van der Waals surface area contributed by atoms with E-state index in [1.54, 1.807) is 14.2 Å². The Balaban J connectivity index is 1.47. The average molecular weight is 476 g/mol. The van der Waals surface area contributed by atoms with Gasteiger partial charge in [0.05, 0.1) is 19.7 Å². The van der Waals surface area contributed by atoms with Gasteiger partial charge in [0.15, 0.2) is 0 Å². The minimum Gasteiger partial charge on any atom is -0.496 e. The Bertz CT molecular complexity index is 1470. The number of pyridine rings is 1. The van der Waals surface area contributed by atoms with Crippen LogP contribution in [0.4, 0.5) is 11.5 Å². The molecule has 0 saturated carbocycles. The van der Waals surface area contributed by atoms with Crippen molar-refractivity contribution in [3.63, 3.8) is 0 Å². The van der Waals surface area contributed by atoms with Crippen molar-refractivity contribution in [1.29, 1.82) is 0 Å². The van der Waals surface area contributed by atoms with Gasteiger partial charge in [-0.2, -0.15) is 0 Å². The van der Waals surface area contributed by atoms with Crippen LogP contribution in [0.3, 0.4) is 0 Å². The molecule has 0 saturated heterocycles. The van der Waals surface area contributed by atoms with Gasteiger partial charge < -0.3 is 20.1 Å². The van der Waals surface area contributed by atoms with Gasteiger partial charge in [0.2, 0.25) is 0 Å². The predicted molar refractivity (Wildman–Crippen MR) is 148 cm³/mol. The molecule has 0 atom stereocenters. The monoisotopic (exact) mass is 475 g/mol. The van der Waals surface area contributed by atoms with Crippen molar-refractivity contribution in [3.05, 3.63) is 114 Å². The summed E-state index contributed by atoms with van der Waals surface area (Å²) in [5, 5.41) is 8.13. The first kappa shape index (κ1) is 23.2. The fourth-order valence-corrected chi connectivity index (χ4v) is 4.36. The second kappa shape index (κ2) is 10.8. The summed E-state index contributed by atoms with van der Waals surface area (Å²) >= 11 is 0. The van der Waals surface area contributed by atoms with E-state index < -0.39 is 0 Å². The Kier molecular flexibility index (Phi) is 6.99. The van der Waals surface area contributed by atoms with Crippen molar-refractivity contribution in [2.75, 3.05) is 24.9 Å². The maximum Gasteiger partial charge on any atom is 0.127 e. The van der Waals surface area contributed by atoms with E-state index in [1.807, 2.05) is 42.5 Å². The van der Waals surface area contributed by atoms with E-state index in [0.717, 1.165) is 56.2 Å². The minimum absolute atomic E-state index is 0.620. The number of rotatable bonds is 9. The van der Waals surface area contributed by atoms with Crippen LogP contribution in [0.5, 0.6) is 11.5 Å². The molecule has 0 fully saturated rings. The molecule has 0 radical (unpaired) electrons. The number of para-hydroxylation sites is 2. The third-order valence-corrected chi connectivity index (χ3v) is 6.22. The van der Waals surface area contributed by atoms with E-state index in [-0.39, 0.29) is 0 Å². The number of ether oxygens (including phenoxy) is 2. The van der Waals surface area contributed by atoms with Gasteiger partial charge in [-0.15, -0.1) is 0 Å². The van der Waals surface area contributed by atoms with Crippen LogP contribution in [0.1, 0.15) is 11.1 Å². The molecule has 2 N–H and O–H groups in total. The highest BCUT2D eigenvalue weighted by molar-refractivity contribution is 5.97. The van der Waals surface area contributed by atoms with E-state index in [2.05, 4.69) is 71.3 Å². The Morgan fingerprint density at radius 2 is 1.25 bits per heavy atom. The van der Waals surface area contributed by atoms with Crippen LogP contribution in [0.15, 0.2) is 103 Å². The molecule has 0 amide bonds. The molecule has 0 aliphatic heterocycles. The number of aromatic nitrogens is 1. The van der Waals surface area contributed by atoms with Crippen LogP contribution in [-0.2, 0) is 13.1 Å². The first-order chi connectivity index (χ1) is 17.7. The molecule has 5 heteroatoms. The Morgan fingerprint density at radius 3 is 1.92 bits per heavy atom. The molecule has 0 spiro atoms. The zero-order chi connectivity index (χ0) is 24.7. The molecular weight excluding hydrogens is 446 g/mol. The van der Waals surface area contributed by atoms with Crippen LogP contribution >= 0.6 is 0 Å². The van der Waals surface area contributed by atoms with Crippen molar-refractivity contribution < 1.29 is 9.47 Å². The smallest absolute Gasteiger partial charge is 0.127 e. The third-order valence-electron chi connectivity index (χ3n) is 6.22. The van der Waals surface area contributed by atoms with E-state index in [1.165, 1.54) is 0 Å². The summed E-state index contributed by atoms with van der Waals surface area (Å²) in [5.41, 5.74) is 6.43. The largest absolute Gasteiger partial charge is 0.496 e. The molecule has 0 aliphatic carbocycles. The van der Waals surface area contributed by atoms with Crippen molar-refractivity contribution in [3.8, 4) is 22.6 Å². The zero-order valence-corrected chi connectivity index (χ0v) is 20.5. The topological polar surface area (TPSA) is 55.4 Å². The van der Waals surface area contributed by atoms with Gasteiger partial charge in [-0.05, 0) is 47.5 Å². The highest BCUT2D eigenvalue weighted by Gasteiger charge is 2.11. The Hall–Kier alpha value is -4.51. The summed E-state index contributed by atoms with van der Waals surface area (Å²) in [5.74, 6) is 2.56. The van der Waals surface area contributed by atoms with Crippen molar-refractivity contribution in [2.45, 2.75) is 13.1 Å². The lowest BCUT2D eigenvalue weighted by Gasteiger charge is -2.15. The lowest BCUT2D eigenvalue weighted by atomic mass is 10.0. The first-order valence-electron chi connectivity index (χ1n) is 12.0. The van der Waals surface area contributed by atoms with Gasteiger partial charge >= 0.3 is 0 Å². The SMILES string of the molecule is COc1ccccc1CNc1ccc2nc(NCc3ccccc3OC)cc(-c3ccccc3)c2c1. The van der Waals surface area contributed by atoms with Gasteiger partial charge in [0, 0.05) is 35.3 Å². The fraction of sp³-hybridized carbons (Fsp3) is 0.129. The second-order valence-corrected chi connectivity index (χ2v) is 8.48. The minimum atomic E-state index is 0.620.